The first-order chi connectivity index (χ1) is 14.5. The van der Waals surface area contributed by atoms with Crippen LogP contribution < -0.4 is 14.9 Å². The number of fused-ring (bicyclic) bond motifs is 1. The summed E-state index contributed by atoms with van der Waals surface area (Å²) in [5.74, 6) is 2.09. The van der Waals surface area contributed by atoms with Crippen molar-refractivity contribution in [2.45, 2.75) is 31.9 Å². The highest BCUT2D eigenvalue weighted by molar-refractivity contribution is 7.88. The minimum Gasteiger partial charge on any atom is -0.369 e. The van der Waals surface area contributed by atoms with Crippen LogP contribution in [0.15, 0.2) is 34.9 Å². The molecular formula is C20H26N6O3S. The minimum atomic E-state index is -3.54. The molecule has 2 N–H and O–H groups in total. The summed E-state index contributed by atoms with van der Waals surface area (Å²) in [4.78, 5) is 11.2. The van der Waals surface area contributed by atoms with Crippen LogP contribution in [-0.4, -0.2) is 49.7 Å². The van der Waals surface area contributed by atoms with Crippen molar-refractivity contribution in [2.75, 3.05) is 36.4 Å². The van der Waals surface area contributed by atoms with E-state index in [0.29, 0.717) is 34.9 Å². The number of piperidine rings is 1. The van der Waals surface area contributed by atoms with E-state index in [2.05, 4.69) is 30.1 Å². The van der Waals surface area contributed by atoms with Gasteiger partial charge in [0.1, 0.15) is 28.9 Å². The van der Waals surface area contributed by atoms with Gasteiger partial charge in [-0.15, -0.1) is 0 Å². The molecule has 0 radical (unpaired) electrons. The zero-order valence-corrected chi connectivity index (χ0v) is 17.8. The Balaban J connectivity index is 1.31. The van der Waals surface area contributed by atoms with Gasteiger partial charge in [0.05, 0.1) is 0 Å². The number of sulfonamides is 1. The number of hydrogen-bond donors (Lipinski definition) is 2. The second kappa shape index (κ2) is 8.97. The number of para-hydroxylation sites is 1. The van der Waals surface area contributed by atoms with E-state index in [1.807, 2.05) is 25.1 Å². The Kier molecular flexibility index (Phi) is 6.14. The molecule has 160 valence electrons. The first-order valence-corrected chi connectivity index (χ1v) is 11.8. The Morgan fingerprint density at radius 2 is 1.90 bits per heavy atom. The molecule has 2 aromatic heterocycles. The van der Waals surface area contributed by atoms with Crippen LogP contribution in [0.4, 0.5) is 11.6 Å². The highest BCUT2D eigenvalue weighted by atomic mass is 32.2. The van der Waals surface area contributed by atoms with Crippen molar-refractivity contribution in [2.24, 2.45) is 0 Å². The van der Waals surface area contributed by atoms with E-state index in [1.54, 1.807) is 12.1 Å². The van der Waals surface area contributed by atoms with E-state index in [-0.39, 0.29) is 12.3 Å². The monoisotopic (exact) mass is 430 g/mol. The van der Waals surface area contributed by atoms with E-state index >= 15 is 0 Å². The van der Waals surface area contributed by atoms with Crippen LogP contribution in [-0.2, 0) is 15.8 Å². The number of nitrogens with zero attached hydrogens (tertiary/aromatic N) is 4. The van der Waals surface area contributed by atoms with Crippen LogP contribution in [0.3, 0.4) is 0 Å². The Labute approximate surface area is 175 Å². The molecule has 30 heavy (non-hydrogen) atoms. The van der Waals surface area contributed by atoms with E-state index in [1.165, 1.54) is 19.3 Å². The average molecular weight is 431 g/mol. The highest BCUT2D eigenvalue weighted by Crippen LogP contribution is 2.21. The van der Waals surface area contributed by atoms with Gasteiger partial charge in [-0.3, -0.25) is 0 Å². The molecule has 0 atom stereocenters. The summed E-state index contributed by atoms with van der Waals surface area (Å²) in [6.45, 7) is 4.53. The van der Waals surface area contributed by atoms with Gasteiger partial charge in [-0.05, 0) is 38.3 Å². The fourth-order valence-electron chi connectivity index (χ4n) is 3.60. The third kappa shape index (κ3) is 5.06. The van der Waals surface area contributed by atoms with Crippen LogP contribution >= 0.6 is 0 Å². The van der Waals surface area contributed by atoms with Crippen molar-refractivity contribution < 1.29 is 12.9 Å². The van der Waals surface area contributed by atoms with Crippen LogP contribution in [0.25, 0.3) is 11.0 Å². The number of rotatable bonds is 8. The number of aryl methyl sites for hydroxylation is 1. The number of nitrogens with one attached hydrogen (secondary N) is 2. The third-order valence-electron chi connectivity index (χ3n) is 5.04. The zero-order valence-electron chi connectivity index (χ0n) is 17.0. The Morgan fingerprint density at radius 1 is 1.10 bits per heavy atom. The first kappa shape index (κ1) is 20.5. The molecule has 1 fully saturated rings. The molecule has 4 rings (SSSR count). The molecule has 1 aliphatic heterocycles. The second-order valence-corrected chi connectivity index (χ2v) is 9.22. The summed E-state index contributed by atoms with van der Waals surface area (Å²) >= 11 is 0. The minimum absolute atomic E-state index is 0.226. The largest absolute Gasteiger partial charge is 0.369 e. The van der Waals surface area contributed by atoms with Gasteiger partial charge >= 0.3 is 0 Å². The molecule has 3 aromatic rings. The summed E-state index contributed by atoms with van der Waals surface area (Å²) in [6.07, 6.45) is 3.61. The molecule has 0 bridgehead atoms. The Morgan fingerprint density at radius 3 is 2.73 bits per heavy atom. The van der Waals surface area contributed by atoms with Crippen LogP contribution in [0.5, 0.6) is 0 Å². The lowest BCUT2D eigenvalue weighted by Gasteiger charge is -2.28. The maximum Gasteiger partial charge on any atom is 0.217 e. The Bertz CT molecular complexity index is 1110. The summed E-state index contributed by atoms with van der Waals surface area (Å²) < 4.78 is 32.6. The fraction of sp³-hybridized carbons (Fsp3) is 0.450. The molecule has 9 nitrogen and oxygen atoms in total. The molecule has 0 unspecified atom stereocenters. The van der Waals surface area contributed by atoms with Crippen molar-refractivity contribution in [3.05, 3.63) is 41.9 Å². The molecule has 0 saturated carbocycles. The number of hydrogen-bond acceptors (Lipinski definition) is 8. The van der Waals surface area contributed by atoms with Gasteiger partial charge in [0.15, 0.2) is 5.58 Å². The van der Waals surface area contributed by atoms with Gasteiger partial charge in [-0.2, -0.15) is 0 Å². The Hall–Kier alpha value is -2.72. The average Bonchev–Trinajstić information content (AvgIpc) is 3.14. The van der Waals surface area contributed by atoms with Crippen LogP contribution in [0.2, 0.25) is 0 Å². The topological polar surface area (TPSA) is 113 Å². The second-order valence-electron chi connectivity index (χ2n) is 7.41. The lowest BCUT2D eigenvalue weighted by molar-refractivity contribution is 0.448. The van der Waals surface area contributed by atoms with Crippen molar-refractivity contribution in [3.63, 3.8) is 0 Å². The van der Waals surface area contributed by atoms with E-state index in [4.69, 9.17) is 4.52 Å². The van der Waals surface area contributed by atoms with Gasteiger partial charge in [-0.1, -0.05) is 17.3 Å². The predicted octanol–water partition coefficient (Wildman–Crippen LogP) is 2.45. The molecule has 0 spiro atoms. The van der Waals surface area contributed by atoms with Crippen molar-refractivity contribution >= 4 is 32.6 Å². The molecule has 0 aliphatic carbocycles. The lowest BCUT2D eigenvalue weighted by Crippen LogP contribution is -2.31. The van der Waals surface area contributed by atoms with Gasteiger partial charge < -0.3 is 14.7 Å². The molecule has 0 amide bonds. The summed E-state index contributed by atoms with van der Waals surface area (Å²) in [5, 5.41) is 7.79. The van der Waals surface area contributed by atoms with E-state index in [0.717, 1.165) is 18.9 Å². The quantitative estimate of drug-likeness (QED) is 0.524. The number of anilines is 2. The maximum absolute atomic E-state index is 12.4. The highest BCUT2D eigenvalue weighted by Gasteiger charge is 2.17. The van der Waals surface area contributed by atoms with Crippen LogP contribution in [0.1, 0.15) is 30.8 Å². The summed E-state index contributed by atoms with van der Waals surface area (Å²) in [5.41, 5.74) is 0.983. The fourth-order valence-corrected chi connectivity index (χ4v) is 4.68. The molecule has 3 heterocycles. The van der Waals surface area contributed by atoms with Crippen molar-refractivity contribution in [3.8, 4) is 0 Å². The third-order valence-corrected chi connectivity index (χ3v) is 6.33. The van der Waals surface area contributed by atoms with E-state index in [9.17, 15) is 8.42 Å². The zero-order chi connectivity index (χ0) is 21.0. The van der Waals surface area contributed by atoms with Gasteiger partial charge in [0, 0.05) is 37.6 Å². The first-order valence-electron chi connectivity index (χ1n) is 10.2. The van der Waals surface area contributed by atoms with Gasteiger partial charge in [-0.25, -0.2) is 23.1 Å². The van der Waals surface area contributed by atoms with Crippen molar-refractivity contribution in [1.29, 1.82) is 0 Å². The van der Waals surface area contributed by atoms with Crippen LogP contribution in [0, 0.1) is 6.92 Å². The molecule has 1 aliphatic rings. The molecule has 1 aromatic carbocycles. The molecular weight excluding hydrogens is 404 g/mol. The predicted molar refractivity (Wildman–Crippen MR) is 116 cm³/mol. The SMILES string of the molecule is Cc1nc(NCCNS(=O)(=O)Cc2noc3ccccc23)cc(N2CCCCC2)n1. The summed E-state index contributed by atoms with van der Waals surface area (Å²) in [7, 11) is -3.54. The molecule has 1 saturated heterocycles. The van der Waals surface area contributed by atoms with Crippen molar-refractivity contribution in [1.82, 2.24) is 19.8 Å². The van der Waals surface area contributed by atoms with Gasteiger partial charge in [0.2, 0.25) is 10.0 Å². The maximum atomic E-state index is 12.4. The van der Waals surface area contributed by atoms with Gasteiger partial charge in [0.25, 0.3) is 0 Å². The van der Waals surface area contributed by atoms with E-state index < -0.39 is 10.0 Å². The number of aromatic nitrogens is 3. The normalized spacial score (nSPS) is 14.9. The smallest absolute Gasteiger partial charge is 0.217 e. The number of benzene rings is 1. The lowest BCUT2D eigenvalue weighted by atomic mass is 10.1. The summed E-state index contributed by atoms with van der Waals surface area (Å²) in [6, 6.07) is 9.14. The standard InChI is InChI=1S/C20H26N6O3S/c1-15-23-19(13-20(24-15)26-11-5-2-6-12-26)21-9-10-22-30(27,28)14-17-16-7-3-4-8-18(16)29-25-17/h3-4,7-8,13,22H,2,5-6,9-12,14H2,1H3,(H,21,23,24). The molecule has 10 heteroatoms.